The second-order valence-electron chi connectivity index (χ2n) is 6.94. The molecule has 5 nitrogen and oxygen atoms in total. The zero-order chi connectivity index (χ0) is 22.1. The first-order valence-electron chi connectivity index (χ1n) is 9.88. The molecule has 0 radical (unpaired) electrons. The van der Waals surface area contributed by atoms with Crippen LogP contribution in [0.2, 0.25) is 0 Å². The third kappa shape index (κ3) is 6.30. The first-order valence-corrected chi connectivity index (χ1v) is 11.3. The number of rotatable bonds is 9. The molecular weight excluding hydrogens is 408 g/mol. The molecule has 3 rings (SSSR count). The Labute approximate surface area is 186 Å². The van der Waals surface area contributed by atoms with Gasteiger partial charge in [-0.1, -0.05) is 54.6 Å². The molecule has 0 saturated carbocycles. The van der Waals surface area contributed by atoms with Gasteiger partial charge in [-0.15, -0.1) is 0 Å². The van der Waals surface area contributed by atoms with E-state index in [2.05, 4.69) is 10.3 Å². The first kappa shape index (κ1) is 22.3. The SMILES string of the molecule is CSCCC(NC(=O)c1ccc(C=Cc2cccnc2)cc1-c1ccccc1)C(=O)O. The molecule has 0 aliphatic heterocycles. The van der Waals surface area contributed by atoms with Gasteiger partial charge in [0.2, 0.25) is 0 Å². The summed E-state index contributed by atoms with van der Waals surface area (Å²) in [6, 6.07) is 18.1. The van der Waals surface area contributed by atoms with Crippen molar-refractivity contribution >= 4 is 35.8 Å². The lowest BCUT2D eigenvalue weighted by Gasteiger charge is -2.16. The predicted octanol–water partition coefficient (Wildman–Crippen LogP) is 4.86. The second-order valence-corrected chi connectivity index (χ2v) is 7.92. The van der Waals surface area contributed by atoms with Gasteiger partial charge < -0.3 is 10.4 Å². The summed E-state index contributed by atoms with van der Waals surface area (Å²) in [6.07, 6.45) is 9.70. The Morgan fingerprint density at radius 3 is 2.52 bits per heavy atom. The number of carboxylic acid groups (broad SMARTS) is 1. The van der Waals surface area contributed by atoms with Crippen molar-refractivity contribution in [2.45, 2.75) is 12.5 Å². The quantitative estimate of drug-likeness (QED) is 0.505. The maximum absolute atomic E-state index is 13.0. The van der Waals surface area contributed by atoms with Gasteiger partial charge in [-0.25, -0.2) is 4.79 Å². The molecule has 0 aliphatic rings. The number of nitrogens with one attached hydrogen (secondary N) is 1. The average Bonchev–Trinajstić information content (AvgIpc) is 2.81. The molecule has 2 aromatic carbocycles. The van der Waals surface area contributed by atoms with Gasteiger partial charge in [-0.2, -0.15) is 11.8 Å². The normalized spacial score (nSPS) is 11.9. The Morgan fingerprint density at radius 2 is 1.84 bits per heavy atom. The minimum atomic E-state index is -1.03. The van der Waals surface area contributed by atoms with Crippen molar-refractivity contribution in [1.82, 2.24) is 10.3 Å². The van der Waals surface area contributed by atoms with Crippen LogP contribution in [0.4, 0.5) is 0 Å². The molecule has 1 heterocycles. The van der Waals surface area contributed by atoms with Gasteiger partial charge in [0.05, 0.1) is 0 Å². The highest BCUT2D eigenvalue weighted by Crippen LogP contribution is 2.26. The maximum atomic E-state index is 13.0. The van der Waals surface area contributed by atoms with E-state index >= 15 is 0 Å². The van der Waals surface area contributed by atoms with Gasteiger partial charge in [-0.3, -0.25) is 9.78 Å². The van der Waals surface area contributed by atoms with E-state index in [0.717, 1.165) is 22.3 Å². The highest BCUT2D eigenvalue weighted by molar-refractivity contribution is 7.98. The Morgan fingerprint density at radius 1 is 1.06 bits per heavy atom. The molecule has 2 N–H and O–H groups in total. The molecule has 1 unspecified atom stereocenters. The number of nitrogens with zero attached hydrogens (tertiary/aromatic N) is 1. The number of benzene rings is 2. The zero-order valence-electron chi connectivity index (χ0n) is 17.2. The lowest BCUT2D eigenvalue weighted by molar-refractivity contribution is -0.139. The number of pyridine rings is 1. The zero-order valence-corrected chi connectivity index (χ0v) is 18.0. The molecule has 158 valence electrons. The van der Waals surface area contributed by atoms with Crippen LogP contribution in [-0.4, -0.2) is 40.0 Å². The molecule has 1 amide bonds. The van der Waals surface area contributed by atoms with Crippen LogP contribution in [0.1, 0.15) is 27.9 Å². The van der Waals surface area contributed by atoms with E-state index in [0.29, 0.717) is 17.7 Å². The largest absolute Gasteiger partial charge is 0.480 e. The molecule has 31 heavy (non-hydrogen) atoms. The number of carbonyl (C=O) groups is 2. The average molecular weight is 433 g/mol. The molecule has 0 aliphatic carbocycles. The summed E-state index contributed by atoms with van der Waals surface area (Å²) in [4.78, 5) is 28.7. The summed E-state index contributed by atoms with van der Waals surface area (Å²) < 4.78 is 0. The third-order valence-corrected chi connectivity index (χ3v) is 5.38. The van der Waals surface area contributed by atoms with E-state index in [4.69, 9.17) is 0 Å². The monoisotopic (exact) mass is 432 g/mol. The maximum Gasteiger partial charge on any atom is 0.326 e. The minimum Gasteiger partial charge on any atom is -0.480 e. The Kier molecular flexibility index (Phi) is 8.01. The lowest BCUT2D eigenvalue weighted by atomic mass is 9.96. The Bertz CT molecular complexity index is 1050. The van der Waals surface area contributed by atoms with Crippen LogP contribution in [0.25, 0.3) is 23.3 Å². The third-order valence-electron chi connectivity index (χ3n) is 4.74. The molecule has 3 aromatic rings. The van der Waals surface area contributed by atoms with E-state index in [1.54, 1.807) is 30.2 Å². The summed E-state index contributed by atoms with van der Waals surface area (Å²) in [5.74, 6) is -0.768. The fourth-order valence-corrected chi connectivity index (χ4v) is 3.59. The smallest absolute Gasteiger partial charge is 0.326 e. The van der Waals surface area contributed by atoms with Crippen LogP contribution < -0.4 is 5.32 Å². The van der Waals surface area contributed by atoms with Gasteiger partial charge in [0.1, 0.15) is 6.04 Å². The number of aromatic nitrogens is 1. The predicted molar refractivity (Wildman–Crippen MR) is 127 cm³/mol. The molecule has 0 bridgehead atoms. The van der Waals surface area contributed by atoms with Crippen molar-refractivity contribution in [3.05, 3.63) is 89.7 Å². The van der Waals surface area contributed by atoms with Crippen molar-refractivity contribution in [1.29, 1.82) is 0 Å². The molecule has 6 heteroatoms. The number of carbonyl (C=O) groups excluding carboxylic acids is 1. The number of aliphatic carboxylic acids is 1. The van der Waals surface area contributed by atoms with Gasteiger partial charge >= 0.3 is 5.97 Å². The molecule has 1 atom stereocenters. The van der Waals surface area contributed by atoms with E-state index < -0.39 is 17.9 Å². The molecule has 0 spiro atoms. The Balaban J connectivity index is 1.93. The fraction of sp³-hybridized carbons (Fsp3) is 0.160. The molecule has 0 saturated heterocycles. The number of hydrogen-bond donors (Lipinski definition) is 2. The van der Waals surface area contributed by atoms with Crippen LogP contribution in [0.15, 0.2) is 73.1 Å². The van der Waals surface area contributed by atoms with Crippen molar-refractivity contribution in [2.75, 3.05) is 12.0 Å². The van der Waals surface area contributed by atoms with Gasteiger partial charge in [0.25, 0.3) is 5.91 Å². The Hall–Kier alpha value is -3.38. The molecule has 1 aromatic heterocycles. The van der Waals surface area contributed by atoms with Crippen LogP contribution >= 0.6 is 11.8 Å². The van der Waals surface area contributed by atoms with Crippen molar-refractivity contribution in [3.8, 4) is 11.1 Å². The molecule has 0 fully saturated rings. The highest BCUT2D eigenvalue weighted by Gasteiger charge is 2.22. The topological polar surface area (TPSA) is 79.3 Å². The number of carboxylic acids is 1. The summed E-state index contributed by atoms with van der Waals surface area (Å²) >= 11 is 1.55. The van der Waals surface area contributed by atoms with Crippen LogP contribution in [-0.2, 0) is 4.79 Å². The fourth-order valence-electron chi connectivity index (χ4n) is 3.12. The summed E-state index contributed by atoms with van der Waals surface area (Å²) in [6.45, 7) is 0. The summed E-state index contributed by atoms with van der Waals surface area (Å²) in [5, 5.41) is 12.1. The van der Waals surface area contributed by atoms with Crippen LogP contribution in [0.3, 0.4) is 0 Å². The summed E-state index contributed by atoms with van der Waals surface area (Å²) in [5.41, 5.74) is 3.99. The van der Waals surface area contributed by atoms with E-state index in [9.17, 15) is 14.7 Å². The standard InChI is InChI=1S/C25H24N2O3S/c1-31-15-13-23(25(29)30)27-24(28)21-12-11-18(9-10-19-6-5-14-26-17-19)16-22(21)20-7-3-2-4-8-20/h2-12,14,16-17,23H,13,15H2,1H3,(H,27,28)(H,29,30). The van der Waals surface area contributed by atoms with Gasteiger partial charge in [0.15, 0.2) is 0 Å². The van der Waals surface area contributed by atoms with E-state index in [1.165, 1.54) is 0 Å². The van der Waals surface area contributed by atoms with E-state index in [-0.39, 0.29) is 0 Å². The first-order chi connectivity index (χ1) is 15.1. The number of thioether (sulfide) groups is 1. The second kappa shape index (κ2) is 11.1. The van der Waals surface area contributed by atoms with E-state index in [1.807, 2.05) is 73.0 Å². The lowest BCUT2D eigenvalue weighted by Crippen LogP contribution is -2.41. The van der Waals surface area contributed by atoms with Crippen molar-refractivity contribution in [3.63, 3.8) is 0 Å². The van der Waals surface area contributed by atoms with Crippen LogP contribution in [0.5, 0.6) is 0 Å². The van der Waals surface area contributed by atoms with Crippen molar-refractivity contribution in [2.24, 2.45) is 0 Å². The highest BCUT2D eigenvalue weighted by atomic mass is 32.2. The number of amides is 1. The van der Waals surface area contributed by atoms with Gasteiger partial charge in [-0.05, 0) is 58.9 Å². The van der Waals surface area contributed by atoms with Gasteiger partial charge in [0, 0.05) is 18.0 Å². The van der Waals surface area contributed by atoms with Crippen molar-refractivity contribution < 1.29 is 14.7 Å². The minimum absolute atomic E-state index is 0.370. The van der Waals surface area contributed by atoms with Crippen LogP contribution in [0, 0.1) is 0 Å². The molecular formula is C25H24N2O3S. The summed E-state index contributed by atoms with van der Waals surface area (Å²) in [7, 11) is 0. The number of hydrogen-bond acceptors (Lipinski definition) is 4.